The molecule has 0 atom stereocenters. The van der Waals surface area contributed by atoms with Crippen LogP contribution in [0, 0.1) is 0 Å². The predicted molar refractivity (Wildman–Crippen MR) is 129 cm³/mol. The van der Waals surface area contributed by atoms with Crippen LogP contribution in [0.3, 0.4) is 0 Å². The Hall–Kier alpha value is -3.97. The topological polar surface area (TPSA) is 79.5 Å². The third-order valence-corrected chi connectivity index (χ3v) is 5.09. The van der Waals surface area contributed by atoms with E-state index < -0.39 is 5.91 Å². The van der Waals surface area contributed by atoms with Gasteiger partial charge < -0.3 is 4.74 Å². The lowest BCUT2D eigenvalue weighted by atomic mass is 10.0. The first kappa shape index (κ1) is 21.3. The monoisotopic (exact) mass is 443 g/mol. The lowest BCUT2D eigenvalue weighted by Gasteiger charge is -2.12. The zero-order valence-electron chi connectivity index (χ0n) is 17.1. The summed E-state index contributed by atoms with van der Waals surface area (Å²) in [5.41, 5.74) is 5.96. The fourth-order valence-corrected chi connectivity index (χ4v) is 3.56. The third-order valence-electron chi connectivity index (χ3n) is 4.89. The Morgan fingerprint density at radius 3 is 2.31 bits per heavy atom. The molecule has 0 aliphatic rings. The van der Waals surface area contributed by atoms with Crippen molar-refractivity contribution < 1.29 is 14.3 Å². The number of thiocarbonyl (C=S) groups is 1. The summed E-state index contributed by atoms with van der Waals surface area (Å²) in [6, 6.07) is 27.2. The van der Waals surface area contributed by atoms with Gasteiger partial charge in [0, 0.05) is 0 Å². The number of carbonyl (C=O) groups excluding carboxylic acids is 2. The molecule has 0 aliphatic heterocycles. The van der Waals surface area contributed by atoms with Gasteiger partial charge in [-0.15, -0.1) is 0 Å². The molecule has 4 aromatic carbocycles. The van der Waals surface area contributed by atoms with E-state index in [1.165, 1.54) is 0 Å². The summed E-state index contributed by atoms with van der Waals surface area (Å²) in [5.74, 6) is -0.120. The van der Waals surface area contributed by atoms with Crippen molar-refractivity contribution in [1.29, 1.82) is 0 Å². The van der Waals surface area contributed by atoms with Gasteiger partial charge in [0.05, 0.1) is 6.42 Å². The first-order valence-corrected chi connectivity index (χ1v) is 10.5. The van der Waals surface area contributed by atoms with Gasteiger partial charge in [-0.05, 0) is 51.5 Å². The van der Waals surface area contributed by atoms with Crippen molar-refractivity contribution in [1.82, 2.24) is 16.2 Å². The largest absolute Gasteiger partial charge is 0.484 e. The molecule has 0 saturated carbocycles. The average molecular weight is 444 g/mol. The molecule has 0 fully saturated rings. The molecule has 7 heteroatoms. The number of benzene rings is 4. The molecule has 160 valence electrons. The van der Waals surface area contributed by atoms with Crippen molar-refractivity contribution in [2.75, 3.05) is 6.61 Å². The zero-order chi connectivity index (χ0) is 22.3. The molecule has 6 nitrogen and oxygen atoms in total. The SMILES string of the molecule is O=C(Cc1cccc2ccccc12)NNC(=S)NC(=O)COc1ccc2ccccc2c1. The molecule has 0 aliphatic carbocycles. The molecule has 0 saturated heterocycles. The molecule has 2 amide bonds. The highest BCUT2D eigenvalue weighted by Crippen LogP contribution is 2.20. The number of hydrogen-bond acceptors (Lipinski definition) is 4. The molecular weight excluding hydrogens is 422 g/mol. The second kappa shape index (κ2) is 9.89. The van der Waals surface area contributed by atoms with Gasteiger partial charge in [-0.25, -0.2) is 0 Å². The predicted octanol–water partition coefficient (Wildman–Crippen LogP) is 3.64. The van der Waals surface area contributed by atoms with Gasteiger partial charge >= 0.3 is 0 Å². The number of ether oxygens (including phenoxy) is 1. The second-order valence-electron chi connectivity index (χ2n) is 7.16. The van der Waals surface area contributed by atoms with Gasteiger partial charge in [-0.3, -0.25) is 25.8 Å². The standard InChI is InChI=1S/C25H21N3O3S/c29-23(15-20-10-5-9-18-7-3-4-11-22(18)20)27-28-25(32)26-24(30)16-31-21-13-12-17-6-1-2-8-19(17)14-21/h1-14H,15-16H2,(H,27,29)(H2,26,28,30,32). The lowest BCUT2D eigenvalue weighted by Crippen LogP contribution is -2.49. The van der Waals surface area contributed by atoms with E-state index in [0.29, 0.717) is 5.75 Å². The normalized spacial score (nSPS) is 10.5. The van der Waals surface area contributed by atoms with E-state index >= 15 is 0 Å². The summed E-state index contributed by atoms with van der Waals surface area (Å²) < 4.78 is 5.54. The van der Waals surface area contributed by atoms with E-state index in [4.69, 9.17) is 17.0 Å². The Balaban J connectivity index is 1.23. The van der Waals surface area contributed by atoms with Crippen LogP contribution in [0.25, 0.3) is 21.5 Å². The van der Waals surface area contributed by atoms with Gasteiger partial charge in [0.2, 0.25) is 5.91 Å². The van der Waals surface area contributed by atoms with Gasteiger partial charge in [-0.2, -0.15) is 0 Å². The van der Waals surface area contributed by atoms with Crippen LogP contribution in [0.5, 0.6) is 5.75 Å². The van der Waals surface area contributed by atoms with Crippen LogP contribution < -0.4 is 20.9 Å². The van der Waals surface area contributed by atoms with Crippen molar-refractivity contribution >= 4 is 50.7 Å². The van der Waals surface area contributed by atoms with E-state index in [9.17, 15) is 9.59 Å². The molecule has 3 N–H and O–H groups in total. The van der Waals surface area contributed by atoms with Crippen molar-refractivity contribution in [3.05, 3.63) is 90.5 Å². The molecule has 4 rings (SSSR count). The maximum atomic E-state index is 12.3. The Morgan fingerprint density at radius 1 is 0.750 bits per heavy atom. The number of hydrogen-bond donors (Lipinski definition) is 3. The van der Waals surface area contributed by atoms with E-state index in [1.807, 2.05) is 78.9 Å². The minimum absolute atomic E-state index is 0.0108. The van der Waals surface area contributed by atoms with E-state index in [-0.39, 0.29) is 24.0 Å². The quantitative estimate of drug-likeness (QED) is 0.324. The maximum Gasteiger partial charge on any atom is 0.264 e. The van der Waals surface area contributed by atoms with Crippen LogP contribution >= 0.6 is 12.2 Å². The number of fused-ring (bicyclic) bond motifs is 2. The smallest absolute Gasteiger partial charge is 0.264 e. The van der Waals surface area contributed by atoms with Gasteiger partial charge in [0.1, 0.15) is 5.75 Å². The molecule has 0 aromatic heterocycles. The summed E-state index contributed by atoms with van der Waals surface area (Å²) >= 11 is 5.07. The summed E-state index contributed by atoms with van der Waals surface area (Å²) in [5, 5.41) is 6.67. The van der Waals surface area contributed by atoms with E-state index in [1.54, 1.807) is 6.07 Å². The third kappa shape index (κ3) is 5.39. The minimum Gasteiger partial charge on any atom is -0.484 e. The molecule has 32 heavy (non-hydrogen) atoms. The van der Waals surface area contributed by atoms with Crippen LogP contribution in [-0.4, -0.2) is 23.5 Å². The first-order valence-electron chi connectivity index (χ1n) is 10.1. The van der Waals surface area contributed by atoms with Gasteiger partial charge in [-0.1, -0.05) is 72.8 Å². The highest BCUT2D eigenvalue weighted by molar-refractivity contribution is 7.80. The first-order chi connectivity index (χ1) is 15.6. The lowest BCUT2D eigenvalue weighted by molar-refractivity contribution is -0.122. The molecular formula is C25H21N3O3S. The number of amides is 2. The Labute approximate surface area is 190 Å². The van der Waals surface area contributed by atoms with Crippen LogP contribution in [0.2, 0.25) is 0 Å². The molecule has 0 unspecified atom stereocenters. The molecule has 0 heterocycles. The van der Waals surface area contributed by atoms with Crippen LogP contribution in [0.1, 0.15) is 5.56 Å². The number of rotatable bonds is 5. The number of nitrogens with one attached hydrogen (secondary N) is 3. The summed E-state index contributed by atoms with van der Waals surface area (Å²) in [4.78, 5) is 24.4. The van der Waals surface area contributed by atoms with Crippen molar-refractivity contribution in [3.8, 4) is 5.75 Å². The Morgan fingerprint density at radius 2 is 1.47 bits per heavy atom. The highest BCUT2D eigenvalue weighted by atomic mass is 32.1. The second-order valence-corrected chi connectivity index (χ2v) is 7.57. The number of hydrazine groups is 1. The summed E-state index contributed by atoms with van der Waals surface area (Å²) in [6.07, 6.45) is 0.177. The fraction of sp³-hybridized carbons (Fsp3) is 0.0800. The van der Waals surface area contributed by atoms with Crippen LogP contribution in [0.15, 0.2) is 84.9 Å². The average Bonchev–Trinajstić information content (AvgIpc) is 2.81. The van der Waals surface area contributed by atoms with Crippen molar-refractivity contribution in [2.24, 2.45) is 0 Å². The molecule has 0 bridgehead atoms. The Kier molecular flexibility index (Phi) is 6.57. The highest BCUT2D eigenvalue weighted by Gasteiger charge is 2.09. The fourth-order valence-electron chi connectivity index (χ4n) is 3.39. The van der Waals surface area contributed by atoms with Crippen molar-refractivity contribution in [3.63, 3.8) is 0 Å². The van der Waals surface area contributed by atoms with E-state index in [2.05, 4.69) is 16.2 Å². The summed E-state index contributed by atoms with van der Waals surface area (Å²) in [6.45, 7) is -0.204. The van der Waals surface area contributed by atoms with Crippen LogP contribution in [-0.2, 0) is 16.0 Å². The Bertz CT molecular complexity index is 1300. The maximum absolute atomic E-state index is 12.3. The minimum atomic E-state index is -0.432. The van der Waals surface area contributed by atoms with Gasteiger partial charge in [0.15, 0.2) is 11.7 Å². The van der Waals surface area contributed by atoms with Crippen molar-refractivity contribution in [2.45, 2.75) is 6.42 Å². The molecule has 0 radical (unpaired) electrons. The zero-order valence-corrected chi connectivity index (χ0v) is 17.9. The summed E-state index contributed by atoms with van der Waals surface area (Å²) in [7, 11) is 0. The molecule has 4 aromatic rings. The molecule has 0 spiro atoms. The van der Waals surface area contributed by atoms with Gasteiger partial charge in [0.25, 0.3) is 5.91 Å². The van der Waals surface area contributed by atoms with Crippen LogP contribution in [0.4, 0.5) is 0 Å². The van der Waals surface area contributed by atoms with E-state index in [0.717, 1.165) is 27.1 Å². The number of carbonyl (C=O) groups is 2.